The Labute approximate surface area is 183 Å². The zero-order chi connectivity index (χ0) is 21.3. The molecule has 1 aliphatic heterocycles. The molecule has 0 radical (unpaired) electrons. The van der Waals surface area contributed by atoms with Crippen LogP contribution in [0.1, 0.15) is 59.6 Å². The molecular formula is C23H27ClN2O3S. The molecule has 4 rings (SSSR count). The number of fused-ring (bicyclic) bond motifs is 1. The molecule has 0 aromatic heterocycles. The molecule has 1 amide bonds. The first-order valence-electron chi connectivity index (χ1n) is 10.5. The summed E-state index contributed by atoms with van der Waals surface area (Å²) in [7, 11) is -1.95. The molecule has 1 fully saturated rings. The SMILES string of the molecule is CN(C(=O)c1ccc(Cl)c(S(=O)(=O)N2CCCCCC2)c1)C1CCc2ccccc21. The fourth-order valence-electron chi connectivity index (χ4n) is 4.54. The van der Waals surface area contributed by atoms with E-state index in [1.165, 1.54) is 27.6 Å². The molecule has 1 heterocycles. The molecule has 1 aliphatic carbocycles. The molecule has 5 nitrogen and oxygen atoms in total. The molecule has 0 saturated carbocycles. The number of amides is 1. The highest BCUT2D eigenvalue weighted by molar-refractivity contribution is 7.89. The van der Waals surface area contributed by atoms with E-state index in [1.807, 2.05) is 12.1 Å². The molecule has 1 saturated heterocycles. The summed E-state index contributed by atoms with van der Waals surface area (Å²) in [5.74, 6) is -0.194. The van der Waals surface area contributed by atoms with Gasteiger partial charge in [0.25, 0.3) is 5.91 Å². The predicted octanol–water partition coefficient (Wildman–Crippen LogP) is 4.66. The number of carbonyl (C=O) groups excluding carboxylic acids is 1. The predicted molar refractivity (Wildman–Crippen MR) is 118 cm³/mol. The van der Waals surface area contributed by atoms with Gasteiger partial charge in [0, 0.05) is 25.7 Å². The van der Waals surface area contributed by atoms with E-state index in [2.05, 4.69) is 12.1 Å². The van der Waals surface area contributed by atoms with Crippen LogP contribution in [0.5, 0.6) is 0 Å². The van der Waals surface area contributed by atoms with Crippen LogP contribution in [0.2, 0.25) is 5.02 Å². The van der Waals surface area contributed by atoms with E-state index in [0.29, 0.717) is 18.7 Å². The number of halogens is 1. The maximum absolute atomic E-state index is 13.2. The van der Waals surface area contributed by atoms with Crippen LogP contribution in [0.4, 0.5) is 0 Å². The summed E-state index contributed by atoms with van der Waals surface area (Å²) in [5, 5.41) is 0.157. The van der Waals surface area contributed by atoms with Gasteiger partial charge in [-0.2, -0.15) is 4.31 Å². The van der Waals surface area contributed by atoms with Crippen LogP contribution < -0.4 is 0 Å². The lowest BCUT2D eigenvalue weighted by molar-refractivity contribution is 0.0730. The van der Waals surface area contributed by atoms with Crippen LogP contribution in [-0.2, 0) is 16.4 Å². The van der Waals surface area contributed by atoms with Crippen LogP contribution >= 0.6 is 11.6 Å². The number of benzene rings is 2. The van der Waals surface area contributed by atoms with Gasteiger partial charge in [-0.25, -0.2) is 8.42 Å². The highest BCUT2D eigenvalue weighted by Gasteiger charge is 2.31. The Balaban J connectivity index is 1.62. The van der Waals surface area contributed by atoms with Gasteiger partial charge in [0.2, 0.25) is 10.0 Å². The first-order chi connectivity index (χ1) is 14.4. The average molecular weight is 447 g/mol. The van der Waals surface area contributed by atoms with Crippen molar-refractivity contribution in [2.75, 3.05) is 20.1 Å². The van der Waals surface area contributed by atoms with Crippen LogP contribution in [0.15, 0.2) is 47.4 Å². The van der Waals surface area contributed by atoms with E-state index in [-0.39, 0.29) is 21.9 Å². The lowest BCUT2D eigenvalue weighted by Crippen LogP contribution is -2.33. The summed E-state index contributed by atoms with van der Waals surface area (Å²) in [6.45, 7) is 0.991. The van der Waals surface area contributed by atoms with Crippen molar-refractivity contribution in [3.8, 4) is 0 Å². The van der Waals surface area contributed by atoms with Crippen LogP contribution in [0.3, 0.4) is 0 Å². The van der Waals surface area contributed by atoms with Gasteiger partial charge in [0.05, 0.1) is 11.1 Å². The van der Waals surface area contributed by atoms with Crippen LogP contribution in [0.25, 0.3) is 0 Å². The summed E-state index contributed by atoms with van der Waals surface area (Å²) >= 11 is 6.29. The van der Waals surface area contributed by atoms with Crippen molar-refractivity contribution in [3.05, 3.63) is 64.2 Å². The van der Waals surface area contributed by atoms with E-state index >= 15 is 0 Å². The number of hydrogen-bond donors (Lipinski definition) is 0. The van der Waals surface area contributed by atoms with Gasteiger partial charge in [-0.3, -0.25) is 4.79 Å². The minimum atomic E-state index is -3.73. The van der Waals surface area contributed by atoms with Gasteiger partial charge in [-0.1, -0.05) is 48.7 Å². The van der Waals surface area contributed by atoms with Gasteiger partial charge in [0.15, 0.2) is 0 Å². The summed E-state index contributed by atoms with van der Waals surface area (Å²) in [4.78, 5) is 15.0. The van der Waals surface area contributed by atoms with Crippen LogP contribution in [0, 0.1) is 0 Å². The van der Waals surface area contributed by atoms with Crippen molar-refractivity contribution in [2.45, 2.75) is 49.5 Å². The average Bonchev–Trinajstić information content (AvgIpc) is 2.97. The maximum Gasteiger partial charge on any atom is 0.254 e. The summed E-state index contributed by atoms with van der Waals surface area (Å²) in [6, 6.07) is 12.7. The van der Waals surface area contributed by atoms with Crippen LogP contribution in [-0.4, -0.2) is 43.7 Å². The highest BCUT2D eigenvalue weighted by atomic mass is 35.5. The van der Waals surface area contributed by atoms with Crippen molar-refractivity contribution in [1.29, 1.82) is 0 Å². The second-order valence-corrected chi connectivity index (χ2v) is 10.4. The Bertz CT molecular complexity index is 1050. The third kappa shape index (κ3) is 4.01. The Morgan fingerprint density at radius 2 is 1.77 bits per heavy atom. The normalized spacial score (nSPS) is 19.9. The maximum atomic E-state index is 13.2. The van der Waals surface area contributed by atoms with Crippen molar-refractivity contribution >= 4 is 27.5 Å². The molecule has 1 unspecified atom stereocenters. The van der Waals surface area contributed by atoms with Gasteiger partial charge < -0.3 is 4.90 Å². The first-order valence-corrected chi connectivity index (χ1v) is 12.4. The Kier molecular flexibility index (Phi) is 6.19. The molecule has 1 atom stereocenters. The quantitative estimate of drug-likeness (QED) is 0.686. The molecule has 0 N–H and O–H groups in total. The lowest BCUT2D eigenvalue weighted by atomic mass is 10.1. The molecular weight excluding hydrogens is 420 g/mol. The third-order valence-electron chi connectivity index (χ3n) is 6.25. The molecule has 0 spiro atoms. The first kappa shape index (κ1) is 21.3. The standard InChI is InChI=1S/C23H27ClN2O3S/c1-25(21-13-11-17-8-4-5-9-19(17)21)23(27)18-10-12-20(24)22(16-18)30(28,29)26-14-6-2-3-7-15-26/h4-5,8-10,12,16,21H,2-3,6-7,11,13-15H2,1H3. The van der Waals surface area contributed by atoms with Crippen molar-refractivity contribution in [3.63, 3.8) is 0 Å². The highest BCUT2D eigenvalue weighted by Crippen LogP contribution is 2.36. The molecule has 30 heavy (non-hydrogen) atoms. The van der Waals surface area contributed by atoms with Gasteiger partial charge in [-0.15, -0.1) is 0 Å². The van der Waals surface area contributed by atoms with E-state index < -0.39 is 10.0 Å². The van der Waals surface area contributed by atoms with Crippen molar-refractivity contribution in [1.82, 2.24) is 9.21 Å². The molecule has 160 valence electrons. The minimum Gasteiger partial charge on any atom is -0.335 e. The van der Waals surface area contributed by atoms with Crippen molar-refractivity contribution < 1.29 is 13.2 Å². The topological polar surface area (TPSA) is 57.7 Å². The lowest BCUT2D eigenvalue weighted by Gasteiger charge is -2.26. The van der Waals surface area contributed by atoms with Gasteiger partial charge in [0.1, 0.15) is 4.90 Å². The fourth-order valence-corrected chi connectivity index (χ4v) is 6.55. The van der Waals surface area contributed by atoms with Gasteiger partial charge >= 0.3 is 0 Å². The Hall–Kier alpha value is -1.89. The smallest absolute Gasteiger partial charge is 0.254 e. The second kappa shape index (κ2) is 8.69. The summed E-state index contributed by atoms with van der Waals surface area (Å²) in [5.41, 5.74) is 2.78. The van der Waals surface area contributed by atoms with E-state index in [0.717, 1.165) is 38.5 Å². The van der Waals surface area contributed by atoms with Crippen molar-refractivity contribution in [2.24, 2.45) is 0 Å². The van der Waals surface area contributed by atoms with E-state index in [4.69, 9.17) is 11.6 Å². The Morgan fingerprint density at radius 3 is 2.50 bits per heavy atom. The number of aryl methyl sites for hydroxylation is 1. The number of nitrogens with zero attached hydrogens (tertiary/aromatic N) is 2. The minimum absolute atomic E-state index is 0.00459. The monoisotopic (exact) mass is 446 g/mol. The zero-order valence-corrected chi connectivity index (χ0v) is 18.8. The van der Waals surface area contributed by atoms with E-state index in [9.17, 15) is 13.2 Å². The molecule has 7 heteroatoms. The largest absolute Gasteiger partial charge is 0.335 e. The number of hydrogen-bond acceptors (Lipinski definition) is 3. The Morgan fingerprint density at radius 1 is 1.07 bits per heavy atom. The fraction of sp³-hybridized carbons (Fsp3) is 0.435. The molecule has 0 bridgehead atoms. The number of sulfonamides is 1. The van der Waals surface area contributed by atoms with Gasteiger partial charge in [-0.05, 0) is 55.0 Å². The second-order valence-electron chi connectivity index (χ2n) is 8.13. The molecule has 2 aliphatic rings. The zero-order valence-electron chi connectivity index (χ0n) is 17.2. The number of carbonyl (C=O) groups is 1. The summed E-state index contributed by atoms with van der Waals surface area (Å²) in [6.07, 6.45) is 5.57. The third-order valence-corrected chi connectivity index (χ3v) is 8.63. The number of rotatable bonds is 4. The van der Waals surface area contributed by atoms with E-state index in [1.54, 1.807) is 18.0 Å². The molecule has 2 aromatic carbocycles. The summed E-state index contributed by atoms with van der Waals surface area (Å²) < 4.78 is 28.0. The molecule has 2 aromatic rings.